The van der Waals surface area contributed by atoms with Gasteiger partial charge < -0.3 is 14.6 Å². The first-order chi connectivity index (χ1) is 29.8. The molecule has 0 aliphatic heterocycles. The van der Waals surface area contributed by atoms with E-state index in [0.717, 1.165) is 53.3 Å². The van der Waals surface area contributed by atoms with Gasteiger partial charge in [-0.2, -0.15) is 5.10 Å². The van der Waals surface area contributed by atoms with Crippen LogP contribution in [0.3, 0.4) is 0 Å². The molecule has 3 heterocycles. The number of aromatic nitrogens is 2. The SMILES string of the molecule is CCn1cc2ccc3c(=O)c(-c4ccc(C5(c6c(F)ccc7oc(-c8ccccc8)c(-c8ccc(C9(N)CCC9)cc8)c(=O)c67)CCC5)cc4)c(-c4ccccc4)oc3c2n1. The van der Waals surface area contributed by atoms with Crippen LogP contribution in [0.1, 0.15) is 62.1 Å². The first-order valence-corrected chi connectivity index (χ1v) is 21.1. The van der Waals surface area contributed by atoms with Crippen molar-refractivity contribution in [1.82, 2.24) is 9.78 Å². The maximum Gasteiger partial charge on any atom is 0.201 e. The van der Waals surface area contributed by atoms with E-state index in [2.05, 4.69) is 0 Å². The van der Waals surface area contributed by atoms with Gasteiger partial charge in [0.15, 0.2) is 5.58 Å². The molecule has 2 fully saturated rings. The van der Waals surface area contributed by atoms with Crippen molar-refractivity contribution in [2.45, 2.75) is 62.9 Å². The molecular formula is C53H42FN3O4. The van der Waals surface area contributed by atoms with E-state index in [4.69, 9.17) is 19.7 Å². The smallest absolute Gasteiger partial charge is 0.201 e. The molecule has 9 aromatic rings. The van der Waals surface area contributed by atoms with Gasteiger partial charge in [0.25, 0.3) is 0 Å². The van der Waals surface area contributed by atoms with Crippen LogP contribution in [0.4, 0.5) is 4.39 Å². The Kier molecular flexibility index (Phi) is 8.58. The lowest BCUT2D eigenvalue weighted by Gasteiger charge is -2.43. The van der Waals surface area contributed by atoms with Crippen LogP contribution >= 0.6 is 0 Å². The van der Waals surface area contributed by atoms with Crippen molar-refractivity contribution >= 4 is 32.8 Å². The van der Waals surface area contributed by atoms with E-state index in [1.807, 2.05) is 139 Å². The quantitative estimate of drug-likeness (QED) is 0.164. The Morgan fingerprint density at radius 3 is 1.82 bits per heavy atom. The van der Waals surface area contributed by atoms with Crippen molar-refractivity contribution in [3.8, 4) is 44.9 Å². The van der Waals surface area contributed by atoms with Gasteiger partial charge in [-0.05, 0) is 79.5 Å². The highest BCUT2D eigenvalue weighted by Crippen LogP contribution is 2.52. The Hall–Kier alpha value is -6.90. The summed E-state index contributed by atoms with van der Waals surface area (Å²) in [4.78, 5) is 29.8. The van der Waals surface area contributed by atoms with E-state index in [0.29, 0.717) is 80.8 Å². The van der Waals surface area contributed by atoms with Crippen LogP contribution in [0.15, 0.2) is 158 Å². The third-order valence-corrected chi connectivity index (χ3v) is 13.4. The van der Waals surface area contributed by atoms with Gasteiger partial charge in [0, 0.05) is 45.8 Å². The third-order valence-electron chi connectivity index (χ3n) is 13.4. The lowest BCUT2D eigenvalue weighted by atomic mass is 9.59. The van der Waals surface area contributed by atoms with Crippen LogP contribution in [0.25, 0.3) is 77.7 Å². The summed E-state index contributed by atoms with van der Waals surface area (Å²) in [5.74, 6) is 0.430. The van der Waals surface area contributed by atoms with Crippen molar-refractivity contribution < 1.29 is 13.2 Å². The van der Waals surface area contributed by atoms with E-state index in [1.165, 1.54) is 6.07 Å². The number of hydrogen-bond acceptors (Lipinski definition) is 6. The summed E-state index contributed by atoms with van der Waals surface area (Å²) in [5.41, 5.74) is 12.4. The Morgan fingerprint density at radius 1 is 0.656 bits per heavy atom. The van der Waals surface area contributed by atoms with Gasteiger partial charge in [0.05, 0.1) is 21.9 Å². The first kappa shape index (κ1) is 37.1. The molecule has 0 amide bonds. The number of aryl methyl sites for hydroxylation is 1. The zero-order valence-electron chi connectivity index (χ0n) is 33.7. The largest absolute Gasteiger partial charge is 0.455 e. The third kappa shape index (κ3) is 5.76. The van der Waals surface area contributed by atoms with Crippen molar-refractivity contribution in [3.63, 3.8) is 0 Å². The molecule has 8 heteroatoms. The van der Waals surface area contributed by atoms with Crippen molar-refractivity contribution in [1.29, 1.82) is 0 Å². The Labute approximate surface area is 350 Å². The van der Waals surface area contributed by atoms with E-state index in [1.54, 1.807) is 6.07 Å². The van der Waals surface area contributed by atoms with Gasteiger partial charge >= 0.3 is 0 Å². The number of hydrogen-bond donors (Lipinski definition) is 1. The number of benzene rings is 6. The standard InChI is InChI=1S/C53H42FN3O4/c1-2-57-31-36-19-24-39-47(58)42(50(35-13-7-4-8-14-35)61-51(39)46(36)56-57)32-15-20-37(21-16-32)52(27-9-28-52)45-40(54)25-26-41-44(45)48(59)43(49(60-41)34-11-5-3-6-12-34)33-17-22-38(23-18-33)53(55)29-10-30-53/h3-8,11-26,31H,2,9-10,27-30,55H2,1H3. The monoisotopic (exact) mass is 803 g/mol. The lowest BCUT2D eigenvalue weighted by Crippen LogP contribution is -2.43. The fourth-order valence-electron chi connectivity index (χ4n) is 9.77. The van der Waals surface area contributed by atoms with Crippen LogP contribution < -0.4 is 16.6 Å². The normalized spacial score (nSPS) is 15.5. The Balaban J connectivity index is 1.08. The second-order valence-electron chi connectivity index (χ2n) is 16.8. The van der Waals surface area contributed by atoms with Crippen molar-refractivity contribution in [2.24, 2.45) is 5.73 Å². The van der Waals surface area contributed by atoms with Gasteiger partial charge in [0.2, 0.25) is 10.9 Å². The number of nitrogens with two attached hydrogens (primary N) is 1. The molecule has 7 nitrogen and oxygen atoms in total. The lowest BCUT2D eigenvalue weighted by molar-refractivity contribution is 0.253. The van der Waals surface area contributed by atoms with E-state index in [-0.39, 0.29) is 21.8 Å². The van der Waals surface area contributed by atoms with Gasteiger partial charge in [0.1, 0.15) is 28.4 Å². The number of nitrogens with zero attached hydrogens (tertiary/aromatic N) is 2. The minimum Gasteiger partial charge on any atom is -0.455 e. The second-order valence-corrected chi connectivity index (χ2v) is 16.8. The molecule has 2 N–H and O–H groups in total. The molecule has 0 spiro atoms. The topological polar surface area (TPSA) is 104 Å². The van der Waals surface area contributed by atoms with Gasteiger partial charge in [-0.1, -0.05) is 122 Å². The van der Waals surface area contributed by atoms with Crippen LogP contribution in [0.5, 0.6) is 0 Å². The zero-order valence-corrected chi connectivity index (χ0v) is 33.7. The average Bonchev–Trinajstić information content (AvgIpc) is 3.71. The first-order valence-electron chi connectivity index (χ1n) is 21.1. The fraction of sp³-hybridized carbons (Fsp3) is 0.189. The number of fused-ring (bicyclic) bond motifs is 4. The summed E-state index contributed by atoms with van der Waals surface area (Å²) in [6.45, 7) is 2.70. The van der Waals surface area contributed by atoms with E-state index < -0.39 is 11.2 Å². The van der Waals surface area contributed by atoms with Crippen LogP contribution in [-0.4, -0.2) is 9.78 Å². The molecule has 2 aliphatic rings. The zero-order chi connectivity index (χ0) is 41.5. The fourth-order valence-corrected chi connectivity index (χ4v) is 9.77. The molecule has 2 aliphatic carbocycles. The van der Waals surface area contributed by atoms with Crippen LogP contribution in [0, 0.1) is 5.82 Å². The molecule has 6 aromatic carbocycles. The molecule has 300 valence electrons. The molecule has 3 aromatic heterocycles. The summed E-state index contributed by atoms with van der Waals surface area (Å²) < 4.78 is 32.0. The minimum absolute atomic E-state index is 0.166. The average molecular weight is 804 g/mol. The Morgan fingerprint density at radius 2 is 1.25 bits per heavy atom. The Bertz CT molecular complexity index is 3290. The molecule has 0 unspecified atom stereocenters. The van der Waals surface area contributed by atoms with Crippen LogP contribution in [-0.2, 0) is 17.5 Å². The number of halogens is 1. The highest BCUT2D eigenvalue weighted by atomic mass is 19.1. The van der Waals surface area contributed by atoms with Crippen molar-refractivity contribution in [3.05, 3.63) is 183 Å². The number of rotatable bonds is 8. The van der Waals surface area contributed by atoms with Gasteiger partial charge in [-0.15, -0.1) is 0 Å². The van der Waals surface area contributed by atoms with Crippen LogP contribution in [0.2, 0.25) is 0 Å². The molecule has 0 saturated heterocycles. The summed E-state index contributed by atoms with van der Waals surface area (Å²) in [5, 5.41) is 6.32. The summed E-state index contributed by atoms with van der Waals surface area (Å²) in [6, 6.07) is 41.6. The minimum atomic E-state index is -0.803. The van der Waals surface area contributed by atoms with Gasteiger partial charge in [-0.25, -0.2) is 4.39 Å². The van der Waals surface area contributed by atoms with Gasteiger partial charge in [-0.3, -0.25) is 14.3 Å². The molecule has 0 bridgehead atoms. The summed E-state index contributed by atoms with van der Waals surface area (Å²) >= 11 is 0. The van der Waals surface area contributed by atoms with E-state index >= 15 is 9.18 Å². The predicted octanol–water partition coefficient (Wildman–Crippen LogP) is 11.9. The molecule has 2 saturated carbocycles. The van der Waals surface area contributed by atoms with E-state index in [9.17, 15) is 4.79 Å². The molecular weight excluding hydrogens is 762 g/mol. The second kappa shape index (κ2) is 14.1. The molecule has 11 rings (SSSR count). The molecule has 61 heavy (non-hydrogen) atoms. The maximum atomic E-state index is 16.8. The highest BCUT2D eigenvalue weighted by Gasteiger charge is 2.44. The molecule has 0 atom stereocenters. The molecule has 0 radical (unpaired) electrons. The van der Waals surface area contributed by atoms with Crippen molar-refractivity contribution in [2.75, 3.05) is 0 Å². The highest BCUT2D eigenvalue weighted by molar-refractivity contribution is 6.03. The summed E-state index contributed by atoms with van der Waals surface area (Å²) in [6.07, 6.45) is 7.02. The maximum absolute atomic E-state index is 16.8. The summed E-state index contributed by atoms with van der Waals surface area (Å²) in [7, 11) is 0. The predicted molar refractivity (Wildman–Crippen MR) is 240 cm³/mol.